The summed E-state index contributed by atoms with van der Waals surface area (Å²) in [4.78, 5) is 24.8. The predicted molar refractivity (Wildman–Crippen MR) is 82.8 cm³/mol. The van der Waals surface area contributed by atoms with Crippen molar-refractivity contribution in [3.8, 4) is 11.5 Å². The molecule has 6 nitrogen and oxygen atoms in total. The van der Waals surface area contributed by atoms with Crippen molar-refractivity contribution in [1.29, 1.82) is 0 Å². The Labute approximate surface area is 135 Å². The first kappa shape index (κ1) is 15.6. The normalized spacial score (nSPS) is 21.6. The zero-order valence-electron chi connectivity index (χ0n) is 13.2. The minimum Gasteiger partial charge on any atom is -0.486 e. The minimum absolute atomic E-state index is 0.0129. The number of hydrogen-bond donors (Lipinski definition) is 1. The fourth-order valence-electron chi connectivity index (χ4n) is 3.02. The molecule has 1 aromatic rings. The van der Waals surface area contributed by atoms with Crippen LogP contribution in [0.5, 0.6) is 11.5 Å². The van der Waals surface area contributed by atoms with Gasteiger partial charge in [-0.3, -0.25) is 9.59 Å². The van der Waals surface area contributed by atoms with Crippen LogP contribution in [0.4, 0.5) is 0 Å². The van der Waals surface area contributed by atoms with Gasteiger partial charge in [0.2, 0.25) is 5.91 Å². The monoisotopic (exact) mass is 319 g/mol. The number of carboxylic acid groups (broad SMARTS) is 1. The van der Waals surface area contributed by atoms with Gasteiger partial charge < -0.3 is 19.5 Å². The zero-order valence-corrected chi connectivity index (χ0v) is 13.2. The summed E-state index contributed by atoms with van der Waals surface area (Å²) in [6, 6.07) is 5.84. The third-order valence-electron chi connectivity index (χ3n) is 4.39. The van der Waals surface area contributed by atoms with Crippen LogP contribution in [-0.4, -0.2) is 48.2 Å². The van der Waals surface area contributed by atoms with E-state index in [9.17, 15) is 9.59 Å². The van der Waals surface area contributed by atoms with Gasteiger partial charge in [-0.25, -0.2) is 0 Å². The van der Waals surface area contributed by atoms with E-state index < -0.39 is 5.97 Å². The van der Waals surface area contributed by atoms with Crippen molar-refractivity contribution >= 4 is 11.9 Å². The number of benzene rings is 1. The van der Waals surface area contributed by atoms with Gasteiger partial charge in [-0.05, 0) is 37.0 Å². The van der Waals surface area contributed by atoms with Crippen LogP contribution in [0.25, 0.3) is 0 Å². The standard InChI is InChI=1S/C17H21NO5/c1-2-18(6-5-16(19)20)17(21)13-10-12(13)11-3-4-14-15(9-11)23-8-7-22-14/h3-4,9,12-13H,2,5-8,10H2,1H3,(H,19,20). The molecule has 1 amide bonds. The van der Waals surface area contributed by atoms with Crippen LogP contribution in [0.1, 0.15) is 31.2 Å². The molecule has 1 aliphatic carbocycles. The second-order valence-electron chi connectivity index (χ2n) is 5.91. The van der Waals surface area contributed by atoms with Crippen molar-refractivity contribution in [3.63, 3.8) is 0 Å². The van der Waals surface area contributed by atoms with E-state index in [-0.39, 0.29) is 30.7 Å². The Hall–Kier alpha value is -2.24. The molecule has 0 bridgehead atoms. The van der Waals surface area contributed by atoms with Crippen LogP contribution in [0.2, 0.25) is 0 Å². The van der Waals surface area contributed by atoms with Crippen LogP contribution in [-0.2, 0) is 9.59 Å². The molecule has 3 rings (SSSR count). The molecule has 1 fully saturated rings. The Bertz CT molecular complexity index is 615. The number of fused-ring (bicyclic) bond motifs is 1. The van der Waals surface area contributed by atoms with Gasteiger partial charge in [0.1, 0.15) is 13.2 Å². The van der Waals surface area contributed by atoms with Gasteiger partial charge in [0.15, 0.2) is 11.5 Å². The SMILES string of the molecule is CCN(CCC(=O)O)C(=O)C1CC1c1ccc2c(c1)OCCO2. The van der Waals surface area contributed by atoms with E-state index in [4.69, 9.17) is 14.6 Å². The summed E-state index contributed by atoms with van der Waals surface area (Å²) in [7, 11) is 0. The number of amides is 1. The lowest BCUT2D eigenvalue weighted by Gasteiger charge is -2.21. The van der Waals surface area contributed by atoms with Gasteiger partial charge in [-0.15, -0.1) is 0 Å². The quantitative estimate of drug-likeness (QED) is 0.866. The smallest absolute Gasteiger partial charge is 0.305 e. The van der Waals surface area contributed by atoms with E-state index in [1.54, 1.807) is 4.90 Å². The molecule has 6 heteroatoms. The highest BCUT2D eigenvalue weighted by atomic mass is 16.6. The highest BCUT2D eigenvalue weighted by Crippen LogP contribution is 2.50. The Balaban J connectivity index is 1.64. The van der Waals surface area contributed by atoms with Crippen molar-refractivity contribution in [2.75, 3.05) is 26.3 Å². The molecule has 2 aliphatic rings. The lowest BCUT2D eigenvalue weighted by molar-refractivity contribution is -0.138. The third kappa shape index (κ3) is 3.41. The second-order valence-corrected chi connectivity index (χ2v) is 5.91. The summed E-state index contributed by atoms with van der Waals surface area (Å²) >= 11 is 0. The molecule has 0 spiro atoms. The molecular formula is C17H21NO5. The van der Waals surface area contributed by atoms with E-state index in [1.165, 1.54) is 0 Å². The Morgan fingerprint density at radius 2 is 2.00 bits per heavy atom. The number of rotatable bonds is 6. The van der Waals surface area contributed by atoms with E-state index in [0.717, 1.165) is 23.5 Å². The predicted octanol–water partition coefficient (Wildman–Crippen LogP) is 1.88. The number of ether oxygens (including phenoxy) is 2. The molecule has 23 heavy (non-hydrogen) atoms. The van der Waals surface area contributed by atoms with E-state index in [0.29, 0.717) is 19.8 Å². The molecule has 1 N–H and O–H groups in total. The van der Waals surface area contributed by atoms with Gasteiger partial charge in [-0.2, -0.15) is 0 Å². The van der Waals surface area contributed by atoms with Crippen LogP contribution >= 0.6 is 0 Å². The molecule has 1 heterocycles. The van der Waals surface area contributed by atoms with Crippen LogP contribution < -0.4 is 9.47 Å². The van der Waals surface area contributed by atoms with Gasteiger partial charge in [0.05, 0.1) is 6.42 Å². The fourth-order valence-corrected chi connectivity index (χ4v) is 3.02. The molecule has 2 unspecified atom stereocenters. The number of carbonyl (C=O) groups excluding carboxylic acids is 1. The average molecular weight is 319 g/mol. The number of nitrogens with zero attached hydrogens (tertiary/aromatic N) is 1. The van der Waals surface area contributed by atoms with E-state index in [1.807, 2.05) is 25.1 Å². The fraction of sp³-hybridized carbons (Fsp3) is 0.529. The van der Waals surface area contributed by atoms with Crippen LogP contribution in [0, 0.1) is 5.92 Å². The first-order valence-electron chi connectivity index (χ1n) is 8.00. The van der Waals surface area contributed by atoms with Crippen LogP contribution in [0.3, 0.4) is 0 Å². The maximum Gasteiger partial charge on any atom is 0.305 e. The lowest BCUT2D eigenvalue weighted by atomic mass is 10.1. The Kier molecular flexibility index (Phi) is 4.41. The van der Waals surface area contributed by atoms with Crippen molar-refractivity contribution in [2.45, 2.75) is 25.7 Å². The molecule has 1 aliphatic heterocycles. The van der Waals surface area contributed by atoms with Crippen molar-refractivity contribution in [2.24, 2.45) is 5.92 Å². The highest BCUT2D eigenvalue weighted by Gasteiger charge is 2.45. The number of carbonyl (C=O) groups is 2. The highest BCUT2D eigenvalue weighted by molar-refractivity contribution is 5.83. The second kappa shape index (κ2) is 6.48. The maximum atomic E-state index is 12.5. The molecule has 0 saturated heterocycles. The zero-order chi connectivity index (χ0) is 16.4. The molecule has 0 aromatic heterocycles. The average Bonchev–Trinajstić information content (AvgIpc) is 3.35. The summed E-state index contributed by atoms with van der Waals surface area (Å²) in [5, 5.41) is 8.77. The largest absolute Gasteiger partial charge is 0.486 e. The topological polar surface area (TPSA) is 76.1 Å². The van der Waals surface area contributed by atoms with Gasteiger partial charge in [0.25, 0.3) is 0 Å². The summed E-state index contributed by atoms with van der Waals surface area (Å²) in [5.41, 5.74) is 1.09. The van der Waals surface area contributed by atoms with Gasteiger partial charge in [0, 0.05) is 19.0 Å². The Morgan fingerprint density at radius 3 is 2.70 bits per heavy atom. The number of carboxylic acids is 1. The molecule has 0 radical (unpaired) electrons. The molecule has 1 saturated carbocycles. The van der Waals surface area contributed by atoms with Crippen molar-refractivity contribution < 1.29 is 24.2 Å². The molecular weight excluding hydrogens is 298 g/mol. The number of aliphatic carboxylic acids is 1. The van der Waals surface area contributed by atoms with E-state index >= 15 is 0 Å². The summed E-state index contributed by atoms with van der Waals surface area (Å²) in [6.45, 7) is 3.79. The number of hydrogen-bond acceptors (Lipinski definition) is 4. The first-order chi connectivity index (χ1) is 11.1. The summed E-state index contributed by atoms with van der Waals surface area (Å²) in [5.74, 6) is 0.804. The van der Waals surface area contributed by atoms with Gasteiger partial charge in [-0.1, -0.05) is 6.07 Å². The van der Waals surface area contributed by atoms with Crippen molar-refractivity contribution in [1.82, 2.24) is 4.90 Å². The maximum absolute atomic E-state index is 12.5. The first-order valence-corrected chi connectivity index (χ1v) is 8.00. The molecule has 2 atom stereocenters. The summed E-state index contributed by atoms with van der Waals surface area (Å²) in [6.07, 6.45) is 0.795. The molecule has 124 valence electrons. The van der Waals surface area contributed by atoms with E-state index in [2.05, 4.69) is 0 Å². The third-order valence-corrected chi connectivity index (χ3v) is 4.39. The van der Waals surface area contributed by atoms with Gasteiger partial charge >= 0.3 is 5.97 Å². The van der Waals surface area contributed by atoms with Crippen LogP contribution in [0.15, 0.2) is 18.2 Å². The lowest BCUT2D eigenvalue weighted by Crippen LogP contribution is -2.34. The van der Waals surface area contributed by atoms with Crippen molar-refractivity contribution in [3.05, 3.63) is 23.8 Å². The minimum atomic E-state index is -0.879. The Morgan fingerprint density at radius 1 is 1.26 bits per heavy atom. The summed E-state index contributed by atoms with van der Waals surface area (Å²) < 4.78 is 11.1. The molecule has 1 aromatic carbocycles.